The second-order valence-electron chi connectivity index (χ2n) is 14.6. The van der Waals surface area contributed by atoms with Gasteiger partial charge in [-0.15, -0.1) is 0 Å². The molecule has 228 valence electrons. The van der Waals surface area contributed by atoms with Gasteiger partial charge in [-0.05, 0) is 69.3 Å². The Balaban J connectivity index is 2.24. The van der Waals surface area contributed by atoms with Gasteiger partial charge < -0.3 is 13.6 Å². The number of aromatic nitrogens is 4. The number of anilines is 1. The molecule has 2 aromatic heterocycles. The summed E-state index contributed by atoms with van der Waals surface area (Å²) in [6.45, 7) is 32.2. The van der Waals surface area contributed by atoms with Crippen LogP contribution in [0, 0.1) is 22.7 Å². The second-order valence-corrected chi connectivity index (χ2v) is 19.0. The number of carbonyl (C=O) groups is 1. The molecule has 0 spiro atoms. The zero-order chi connectivity index (χ0) is 31.3. The zero-order valence-electron chi connectivity index (χ0n) is 27.0. The van der Waals surface area contributed by atoms with Crippen molar-refractivity contribution in [2.24, 2.45) is 22.7 Å². The highest BCUT2D eigenvalue weighted by molar-refractivity contribution is 6.48. The Hall–Kier alpha value is -1.80. The Kier molecular flexibility index (Phi) is 9.62. The van der Waals surface area contributed by atoms with Gasteiger partial charge in [-0.1, -0.05) is 59.7 Å². The van der Waals surface area contributed by atoms with E-state index in [1.54, 1.807) is 27.1 Å². The van der Waals surface area contributed by atoms with Crippen LogP contribution in [-0.2, 0) is 19.3 Å². The lowest BCUT2D eigenvalue weighted by molar-refractivity contribution is 0.00573. The standard InChI is InChI=1S/C29H48ClN5O4Si2/c1-17-19(21(27(5,6)7)38-40(11)12)18(26(2,3)4)15-29(17,39-41(13)14)35-16-31-20-22(30)32-24(33-23(20)35)34-25(36)37-28(8,9)10/h16,18-19,21H,1,15H2,2-14H3,(H,32,33,34,36)/t18-,19-,21?,29-/m0/s1. The van der Waals surface area contributed by atoms with Gasteiger partial charge in [-0.3, -0.25) is 9.88 Å². The maximum absolute atomic E-state index is 12.5. The Labute approximate surface area is 254 Å². The Morgan fingerprint density at radius 2 is 1.71 bits per heavy atom. The van der Waals surface area contributed by atoms with E-state index in [1.807, 2.05) is 4.57 Å². The summed E-state index contributed by atoms with van der Waals surface area (Å²) in [6.07, 6.45) is 1.65. The van der Waals surface area contributed by atoms with Gasteiger partial charge in [0, 0.05) is 12.3 Å². The van der Waals surface area contributed by atoms with Crippen molar-refractivity contribution in [3.63, 3.8) is 0 Å². The summed E-state index contributed by atoms with van der Waals surface area (Å²) in [4.78, 5) is 26.1. The third-order valence-electron chi connectivity index (χ3n) is 7.22. The molecule has 1 aliphatic carbocycles. The first kappa shape index (κ1) is 33.7. The number of amides is 1. The van der Waals surface area contributed by atoms with Crippen LogP contribution in [0.5, 0.6) is 0 Å². The highest BCUT2D eigenvalue weighted by Crippen LogP contribution is 2.58. The Morgan fingerprint density at radius 3 is 2.20 bits per heavy atom. The van der Waals surface area contributed by atoms with E-state index in [2.05, 4.69) is 83.0 Å². The fraction of sp³-hybridized carbons (Fsp3) is 0.724. The number of rotatable bonds is 7. The smallest absolute Gasteiger partial charge is 0.414 e. The van der Waals surface area contributed by atoms with E-state index in [0.717, 1.165) is 5.57 Å². The third kappa shape index (κ3) is 7.41. The average Bonchev–Trinajstić information content (AvgIpc) is 3.30. The van der Waals surface area contributed by atoms with E-state index < -0.39 is 35.5 Å². The first-order valence-electron chi connectivity index (χ1n) is 14.1. The summed E-state index contributed by atoms with van der Waals surface area (Å²) in [7, 11) is -2.25. The zero-order valence-corrected chi connectivity index (χ0v) is 29.8. The van der Waals surface area contributed by atoms with Gasteiger partial charge >= 0.3 is 6.09 Å². The molecule has 0 saturated heterocycles. The second kappa shape index (κ2) is 11.7. The molecule has 12 heteroatoms. The third-order valence-corrected chi connectivity index (χ3v) is 8.95. The van der Waals surface area contributed by atoms with E-state index >= 15 is 0 Å². The SMILES string of the molecule is C=C1[C@H](C(O[Si](C)C)C(C)(C)C)[C@@H](C(C)(C)C)C[C@@]1(O[Si](C)C)n1cnc2c(Cl)nc(NC(=O)OC(C)(C)C)nc21. The summed E-state index contributed by atoms with van der Waals surface area (Å²) >= 11 is 6.59. The van der Waals surface area contributed by atoms with Gasteiger partial charge in [0.2, 0.25) is 24.0 Å². The summed E-state index contributed by atoms with van der Waals surface area (Å²) < 4.78 is 21.1. The number of carbonyl (C=O) groups excluding carboxylic acids is 1. The number of nitrogens with one attached hydrogen (secondary N) is 1. The van der Waals surface area contributed by atoms with Crippen LogP contribution in [-0.4, -0.2) is 55.4 Å². The monoisotopic (exact) mass is 621 g/mol. The summed E-state index contributed by atoms with van der Waals surface area (Å²) in [5, 5.41) is 2.75. The van der Waals surface area contributed by atoms with Gasteiger partial charge in [0.05, 0.1) is 12.4 Å². The molecule has 0 bridgehead atoms. The van der Waals surface area contributed by atoms with Crippen molar-refractivity contribution in [2.45, 2.75) is 112 Å². The number of halogens is 1. The lowest BCUT2D eigenvalue weighted by Crippen LogP contribution is -2.45. The minimum atomic E-state index is -1.24. The minimum Gasteiger partial charge on any atom is -0.444 e. The average molecular weight is 622 g/mol. The van der Waals surface area contributed by atoms with Gasteiger partial charge in [0.1, 0.15) is 11.1 Å². The van der Waals surface area contributed by atoms with Crippen LogP contribution in [0.1, 0.15) is 68.7 Å². The minimum absolute atomic E-state index is 0.0189. The number of nitrogens with zero attached hydrogens (tertiary/aromatic N) is 4. The Morgan fingerprint density at radius 1 is 1.10 bits per heavy atom. The molecule has 2 aromatic rings. The molecule has 1 unspecified atom stereocenters. The van der Waals surface area contributed by atoms with Gasteiger partial charge in [0.15, 0.2) is 16.5 Å². The number of imidazole rings is 1. The van der Waals surface area contributed by atoms with Crippen molar-refractivity contribution in [2.75, 3.05) is 5.32 Å². The van der Waals surface area contributed by atoms with Crippen molar-refractivity contribution in [1.82, 2.24) is 19.5 Å². The first-order chi connectivity index (χ1) is 18.6. The molecule has 1 amide bonds. The van der Waals surface area contributed by atoms with Crippen molar-refractivity contribution in [3.05, 3.63) is 23.6 Å². The molecule has 3 rings (SSSR count). The van der Waals surface area contributed by atoms with E-state index in [4.69, 9.17) is 36.8 Å². The van der Waals surface area contributed by atoms with E-state index in [9.17, 15) is 4.79 Å². The summed E-state index contributed by atoms with van der Waals surface area (Å²) in [5.74, 6) is 0.237. The van der Waals surface area contributed by atoms with E-state index in [-0.39, 0.29) is 39.9 Å². The van der Waals surface area contributed by atoms with Crippen LogP contribution in [0.2, 0.25) is 31.3 Å². The van der Waals surface area contributed by atoms with Crippen molar-refractivity contribution < 1.29 is 18.4 Å². The molecule has 2 heterocycles. The van der Waals surface area contributed by atoms with Crippen LogP contribution in [0.4, 0.5) is 10.7 Å². The van der Waals surface area contributed by atoms with Crippen molar-refractivity contribution in [1.29, 1.82) is 0 Å². The topological polar surface area (TPSA) is 100 Å². The van der Waals surface area contributed by atoms with Crippen LogP contribution in [0.15, 0.2) is 18.5 Å². The van der Waals surface area contributed by atoms with E-state index in [0.29, 0.717) is 17.6 Å². The molecule has 1 fully saturated rings. The largest absolute Gasteiger partial charge is 0.444 e. The molecule has 41 heavy (non-hydrogen) atoms. The van der Waals surface area contributed by atoms with Crippen LogP contribution >= 0.6 is 11.6 Å². The predicted octanol–water partition coefficient (Wildman–Crippen LogP) is 7.67. The van der Waals surface area contributed by atoms with Gasteiger partial charge in [-0.25, -0.2) is 9.78 Å². The molecular formula is C29H48ClN5O4Si2. The lowest BCUT2D eigenvalue weighted by atomic mass is 9.68. The summed E-state index contributed by atoms with van der Waals surface area (Å²) in [6, 6.07) is 0. The fourth-order valence-corrected chi connectivity index (χ4v) is 7.88. The maximum atomic E-state index is 12.5. The normalized spacial score (nSPS) is 23.1. The number of fused-ring (bicyclic) bond motifs is 1. The van der Waals surface area contributed by atoms with Crippen molar-refractivity contribution >= 4 is 52.9 Å². The molecule has 1 aliphatic rings. The highest BCUT2D eigenvalue weighted by atomic mass is 35.5. The summed E-state index contributed by atoms with van der Waals surface area (Å²) in [5.41, 5.74) is 0.0119. The predicted molar refractivity (Wildman–Crippen MR) is 169 cm³/mol. The number of hydrogen-bond donors (Lipinski definition) is 1. The number of ether oxygens (including phenoxy) is 1. The Bertz CT molecular complexity index is 1280. The first-order valence-corrected chi connectivity index (χ1v) is 19.3. The fourth-order valence-electron chi connectivity index (χ4n) is 5.67. The molecule has 4 atom stereocenters. The maximum Gasteiger partial charge on any atom is 0.414 e. The van der Waals surface area contributed by atoms with Gasteiger partial charge in [0.25, 0.3) is 0 Å². The lowest BCUT2D eigenvalue weighted by Gasteiger charge is -2.43. The highest BCUT2D eigenvalue weighted by Gasteiger charge is 2.58. The molecule has 0 aliphatic heterocycles. The van der Waals surface area contributed by atoms with Gasteiger partial charge in [-0.2, -0.15) is 9.97 Å². The molecule has 9 nitrogen and oxygen atoms in total. The molecule has 1 saturated carbocycles. The van der Waals surface area contributed by atoms with E-state index in [1.165, 1.54) is 0 Å². The van der Waals surface area contributed by atoms with Crippen molar-refractivity contribution in [3.8, 4) is 0 Å². The molecule has 2 radical (unpaired) electrons. The molecule has 1 N–H and O–H groups in total. The van der Waals surface area contributed by atoms with Crippen LogP contribution < -0.4 is 5.32 Å². The van der Waals surface area contributed by atoms with Crippen LogP contribution in [0.25, 0.3) is 11.2 Å². The molecular weight excluding hydrogens is 574 g/mol. The number of hydrogen-bond acceptors (Lipinski definition) is 7. The van der Waals surface area contributed by atoms with Crippen LogP contribution in [0.3, 0.4) is 0 Å². The quantitative estimate of drug-likeness (QED) is 0.192. The molecule has 0 aromatic carbocycles.